The molecule has 1 aliphatic rings. The molecular formula is C29H37ClN4O2S. The number of aromatic nitrogens is 2. The largest absolute Gasteiger partial charge is 0.356 e. The van der Waals surface area contributed by atoms with Crippen molar-refractivity contribution in [3.05, 3.63) is 70.6 Å². The number of hydrogen-bond donors (Lipinski definition) is 1. The van der Waals surface area contributed by atoms with Crippen molar-refractivity contribution in [2.75, 3.05) is 25.4 Å². The van der Waals surface area contributed by atoms with Gasteiger partial charge in [0.2, 0.25) is 17.6 Å². The number of piperidine rings is 1. The number of amides is 1. The Kier molecular flexibility index (Phi) is 9.68. The van der Waals surface area contributed by atoms with Crippen LogP contribution in [-0.4, -0.2) is 46.3 Å². The summed E-state index contributed by atoms with van der Waals surface area (Å²) in [5.74, 6) is 3.32. The molecule has 6 nitrogen and oxygen atoms in total. The maximum absolute atomic E-state index is 12.8. The average molecular weight is 541 g/mol. The molecule has 1 aliphatic heterocycles. The van der Waals surface area contributed by atoms with E-state index in [0.29, 0.717) is 24.8 Å². The molecule has 3 aromatic rings. The molecule has 37 heavy (non-hydrogen) atoms. The number of thioether (sulfide) groups is 1. The van der Waals surface area contributed by atoms with E-state index in [9.17, 15) is 4.79 Å². The minimum absolute atomic E-state index is 0.00260. The highest BCUT2D eigenvalue weighted by atomic mass is 35.5. The smallest absolute Gasteiger partial charge is 0.241 e. The minimum atomic E-state index is 0.00260. The number of carbonyl (C=O) groups is 1. The van der Waals surface area contributed by atoms with Gasteiger partial charge in [0, 0.05) is 29.4 Å². The lowest BCUT2D eigenvalue weighted by Crippen LogP contribution is -2.43. The summed E-state index contributed by atoms with van der Waals surface area (Å²) in [5, 5.41) is 8.09. The fourth-order valence-electron chi connectivity index (χ4n) is 4.46. The molecule has 0 aliphatic carbocycles. The fourth-order valence-corrected chi connectivity index (χ4v) is 5.51. The second-order valence-electron chi connectivity index (χ2n) is 10.7. The zero-order valence-corrected chi connectivity index (χ0v) is 23.6. The molecular weight excluding hydrogens is 504 g/mol. The molecule has 4 rings (SSSR count). The molecule has 2 heterocycles. The van der Waals surface area contributed by atoms with Crippen molar-refractivity contribution in [3.8, 4) is 11.4 Å². The second kappa shape index (κ2) is 12.9. The molecule has 1 saturated heterocycles. The van der Waals surface area contributed by atoms with Gasteiger partial charge in [0.15, 0.2) is 0 Å². The first-order valence-corrected chi connectivity index (χ1v) is 14.6. The SMILES string of the molecule is CC(C)(C)c1ccc(-c2noc(CN3CCCC(C(=O)NCCCSCc4ccc(Cl)cc4)C3)n2)cc1. The highest BCUT2D eigenvalue weighted by Gasteiger charge is 2.26. The Bertz CT molecular complexity index is 1140. The number of carbonyl (C=O) groups excluding carboxylic acids is 1. The highest BCUT2D eigenvalue weighted by Crippen LogP contribution is 2.25. The molecule has 0 spiro atoms. The van der Waals surface area contributed by atoms with E-state index in [1.54, 1.807) is 0 Å². The third-order valence-electron chi connectivity index (χ3n) is 6.66. The van der Waals surface area contributed by atoms with Crippen molar-refractivity contribution in [3.63, 3.8) is 0 Å². The lowest BCUT2D eigenvalue weighted by molar-refractivity contribution is -0.126. The predicted octanol–water partition coefficient (Wildman–Crippen LogP) is 6.34. The van der Waals surface area contributed by atoms with Crippen molar-refractivity contribution in [1.82, 2.24) is 20.4 Å². The Labute approximate surface area is 229 Å². The maximum Gasteiger partial charge on any atom is 0.241 e. The van der Waals surface area contributed by atoms with Gasteiger partial charge in [-0.1, -0.05) is 73.9 Å². The Balaban J connectivity index is 1.18. The Morgan fingerprint density at radius 3 is 2.65 bits per heavy atom. The van der Waals surface area contributed by atoms with Crippen LogP contribution in [0.2, 0.25) is 5.02 Å². The van der Waals surface area contributed by atoms with E-state index in [0.717, 1.165) is 54.4 Å². The molecule has 1 unspecified atom stereocenters. The van der Waals surface area contributed by atoms with Gasteiger partial charge in [-0.3, -0.25) is 9.69 Å². The number of halogens is 1. The summed E-state index contributed by atoms with van der Waals surface area (Å²) in [7, 11) is 0. The standard InChI is InChI=1S/C29H37ClN4O2S/c1-29(2,3)24-11-9-22(10-12-24)27-32-26(36-33-27)19-34-16-4-6-23(18-34)28(35)31-15-5-17-37-20-21-7-13-25(30)14-8-21/h7-14,23H,4-6,15-20H2,1-3H3,(H,31,35). The van der Waals surface area contributed by atoms with Crippen LogP contribution in [0.25, 0.3) is 11.4 Å². The molecule has 198 valence electrons. The number of likely N-dealkylation sites (tertiary alicyclic amines) is 1. The van der Waals surface area contributed by atoms with Crippen LogP contribution in [0.4, 0.5) is 0 Å². The molecule has 0 bridgehead atoms. The van der Waals surface area contributed by atoms with Gasteiger partial charge < -0.3 is 9.84 Å². The van der Waals surface area contributed by atoms with E-state index < -0.39 is 0 Å². The summed E-state index contributed by atoms with van der Waals surface area (Å²) in [6.45, 7) is 9.53. The van der Waals surface area contributed by atoms with Crippen LogP contribution in [0.15, 0.2) is 53.1 Å². The molecule has 1 N–H and O–H groups in total. The second-order valence-corrected chi connectivity index (χ2v) is 12.3. The van der Waals surface area contributed by atoms with E-state index in [1.165, 1.54) is 11.1 Å². The zero-order chi connectivity index (χ0) is 26.3. The first-order valence-electron chi connectivity index (χ1n) is 13.0. The van der Waals surface area contributed by atoms with Gasteiger partial charge in [-0.05, 0) is 60.2 Å². The van der Waals surface area contributed by atoms with Crippen LogP contribution in [0, 0.1) is 5.92 Å². The normalized spacial score (nSPS) is 16.6. The van der Waals surface area contributed by atoms with Crippen LogP contribution in [0.3, 0.4) is 0 Å². The van der Waals surface area contributed by atoms with Crippen molar-refractivity contribution < 1.29 is 9.32 Å². The molecule has 1 amide bonds. The first kappa shape index (κ1) is 27.7. The van der Waals surface area contributed by atoms with Gasteiger partial charge in [0.1, 0.15) is 0 Å². The van der Waals surface area contributed by atoms with Gasteiger partial charge in [-0.25, -0.2) is 0 Å². The molecule has 0 radical (unpaired) electrons. The summed E-state index contributed by atoms with van der Waals surface area (Å²) < 4.78 is 5.54. The lowest BCUT2D eigenvalue weighted by Gasteiger charge is -2.30. The zero-order valence-electron chi connectivity index (χ0n) is 22.0. The number of rotatable bonds is 10. The Morgan fingerprint density at radius 2 is 1.92 bits per heavy atom. The molecule has 1 fully saturated rings. The quantitative estimate of drug-likeness (QED) is 0.302. The average Bonchev–Trinajstić information content (AvgIpc) is 3.35. The van der Waals surface area contributed by atoms with Crippen molar-refractivity contribution >= 4 is 29.3 Å². The van der Waals surface area contributed by atoms with Crippen molar-refractivity contribution in [1.29, 1.82) is 0 Å². The Morgan fingerprint density at radius 1 is 1.16 bits per heavy atom. The van der Waals surface area contributed by atoms with Crippen LogP contribution >= 0.6 is 23.4 Å². The maximum atomic E-state index is 12.8. The summed E-state index contributed by atoms with van der Waals surface area (Å²) in [5.41, 5.74) is 3.60. The highest BCUT2D eigenvalue weighted by molar-refractivity contribution is 7.98. The van der Waals surface area contributed by atoms with E-state index >= 15 is 0 Å². The van der Waals surface area contributed by atoms with Gasteiger partial charge in [-0.2, -0.15) is 16.7 Å². The van der Waals surface area contributed by atoms with Crippen LogP contribution in [-0.2, 0) is 22.5 Å². The topological polar surface area (TPSA) is 71.3 Å². The van der Waals surface area contributed by atoms with E-state index in [4.69, 9.17) is 16.1 Å². The summed E-state index contributed by atoms with van der Waals surface area (Å²) >= 11 is 7.81. The van der Waals surface area contributed by atoms with Crippen LogP contribution in [0.5, 0.6) is 0 Å². The van der Waals surface area contributed by atoms with Crippen LogP contribution < -0.4 is 5.32 Å². The number of benzene rings is 2. The first-order chi connectivity index (χ1) is 17.8. The minimum Gasteiger partial charge on any atom is -0.356 e. The summed E-state index contributed by atoms with van der Waals surface area (Å²) in [6, 6.07) is 16.3. The van der Waals surface area contributed by atoms with E-state index in [1.807, 2.05) is 36.0 Å². The monoisotopic (exact) mass is 540 g/mol. The van der Waals surface area contributed by atoms with Gasteiger partial charge in [0.05, 0.1) is 12.5 Å². The van der Waals surface area contributed by atoms with Crippen molar-refractivity contribution in [2.24, 2.45) is 5.92 Å². The third-order valence-corrected chi connectivity index (χ3v) is 8.03. The molecule has 2 aromatic carbocycles. The molecule has 1 atom stereocenters. The fraction of sp³-hybridized carbons (Fsp3) is 0.483. The van der Waals surface area contributed by atoms with Crippen molar-refractivity contribution in [2.45, 2.75) is 57.7 Å². The lowest BCUT2D eigenvalue weighted by atomic mass is 9.87. The molecule has 1 aromatic heterocycles. The summed E-state index contributed by atoms with van der Waals surface area (Å²) in [6.07, 6.45) is 2.87. The predicted molar refractivity (Wildman–Crippen MR) is 152 cm³/mol. The number of nitrogens with zero attached hydrogens (tertiary/aromatic N) is 3. The Hall–Kier alpha value is -2.35. The van der Waals surface area contributed by atoms with E-state index in [-0.39, 0.29) is 17.2 Å². The van der Waals surface area contributed by atoms with Gasteiger partial charge in [0.25, 0.3) is 0 Å². The molecule has 0 saturated carbocycles. The third kappa shape index (κ3) is 8.32. The van der Waals surface area contributed by atoms with E-state index in [2.05, 4.69) is 65.4 Å². The van der Waals surface area contributed by atoms with Crippen LogP contribution in [0.1, 0.15) is 57.1 Å². The number of nitrogens with one attached hydrogen (secondary N) is 1. The summed E-state index contributed by atoms with van der Waals surface area (Å²) in [4.78, 5) is 19.6. The van der Waals surface area contributed by atoms with Gasteiger partial charge in [-0.15, -0.1) is 0 Å². The number of hydrogen-bond acceptors (Lipinski definition) is 6. The van der Waals surface area contributed by atoms with Gasteiger partial charge >= 0.3 is 0 Å². The molecule has 8 heteroatoms.